The Morgan fingerprint density at radius 2 is 1.87 bits per heavy atom. The van der Waals surface area contributed by atoms with Crippen LogP contribution >= 0.6 is 0 Å². The van der Waals surface area contributed by atoms with Gasteiger partial charge in [-0.3, -0.25) is 4.79 Å². The third-order valence-electron chi connectivity index (χ3n) is 5.31. The van der Waals surface area contributed by atoms with Crippen LogP contribution in [-0.4, -0.2) is 45.4 Å². The van der Waals surface area contributed by atoms with Crippen LogP contribution in [0, 0.1) is 11.7 Å². The largest absolute Gasteiger partial charge is 0.497 e. The van der Waals surface area contributed by atoms with Crippen LogP contribution in [0.3, 0.4) is 0 Å². The highest BCUT2D eigenvalue weighted by atomic mass is 32.2. The molecule has 1 N–H and O–H groups in total. The van der Waals surface area contributed by atoms with Crippen molar-refractivity contribution in [3.8, 4) is 5.75 Å². The molecule has 1 aliphatic heterocycles. The Morgan fingerprint density at radius 3 is 2.53 bits per heavy atom. The molecular weight excluding hydrogens is 407 g/mol. The first-order valence-electron chi connectivity index (χ1n) is 10.1. The zero-order valence-electron chi connectivity index (χ0n) is 17.0. The Kier molecular flexibility index (Phi) is 7.44. The van der Waals surface area contributed by atoms with Gasteiger partial charge in [0.2, 0.25) is 15.9 Å². The number of methoxy groups -OCH3 is 1. The van der Waals surface area contributed by atoms with Gasteiger partial charge in [-0.15, -0.1) is 0 Å². The third kappa shape index (κ3) is 5.58. The van der Waals surface area contributed by atoms with Crippen LogP contribution in [-0.2, 0) is 21.2 Å². The second-order valence-electron chi connectivity index (χ2n) is 7.40. The number of halogens is 1. The highest BCUT2D eigenvalue weighted by Gasteiger charge is 2.33. The number of carbonyl (C=O) groups is 1. The predicted octanol–water partition coefficient (Wildman–Crippen LogP) is 2.98. The van der Waals surface area contributed by atoms with E-state index in [4.69, 9.17) is 4.74 Å². The summed E-state index contributed by atoms with van der Waals surface area (Å²) in [7, 11) is -2.11. The van der Waals surface area contributed by atoms with Gasteiger partial charge < -0.3 is 10.1 Å². The van der Waals surface area contributed by atoms with Crippen molar-refractivity contribution in [2.45, 2.75) is 30.6 Å². The lowest BCUT2D eigenvalue weighted by molar-refractivity contribution is -0.126. The van der Waals surface area contributed by atoms with Crippen LogP contribution in [0.4, 0.5) is 4.39 Å². The summed E-state index contributed by atoms with van der Waals surface area (Å²) < 4.78 is 45.2. The van der Waals surface area contributed by atoms with Crippen LogP contribution in [0.25, 0.3) is 0 Å². The van der Waals surface area contributed by atoms with E-state index in [9.17, 15) is 17.6 Å². The zero-order chi connectivity index (χ0) is 21.6. The van der Waals surface area contributed by atoms with E-state index in [0.29, 0.717) is 25.9 Å². The van der Waals surface area contributed by atoms with Crippen molar-refractivity contribution in [2.75, 3.05) is 26.7 Å². The molecule has 8 heteroatoms. The summed E-state index contributed by atoms with van der Waals surface area (Å²) in [6.07, 6.45) is 2.90. The average Bonchev–Trinajstić information content (AvgIpc) is 2.77. The van der Waals surface area contributed by atoms with Gasteiger partial charge in [0.05, 0.1) is 17.9 Å². The molecule has 1 aliphatic rings. The quantitative estimate of drug-likeness (QED) is 0.648. The molecule has 0 spiro atoms. The van der Waals surface area contributed by atoms with Crippen molar-refractivity contribution >= 4 is 15.9 Å². The molecule has 1 heterocycles. The molecule has 0 bridgehead atoms. The van der Waals surface area contributed by atoms with E-state index in [1.807, 2.05) is 24.3 Å². The minimum atomic E-state index is -3.74. The van der Waals surface area contributed by atoms with Crippen molar-refractivity contribution in [1.29, 1.82) is 0 Å². The monoisotopic (exact) mass is 434 g/mol. The van der Waals surface area contributed by atoms with Crippen LogP contribution in [0.5, 0.6) is 5.75 Å². The van der Waals surface area contributed by atoms with E-state index in [-0.39, 0.29) is 23.3 Å². The lowest BCUT2D eigenvalue weighted by Crippen LogP contribution is -2.45. The molecule has 1 amide bonds. The summed E-state index contributed by atoms with van der Waals surface area (Å²) in [4.78, 5) is 12.6. The molecule has 1 saturated heterocycles. The van der Waals surface area contributed by atoms with Crippen molar-refractivity contribution in [3.63, 3.8) is 0 Å². The Balaban J connectivity index is 1.49. The number of ether oxygens (including phenoxy) is 1. The highest BCUT2D eigenvalue weighted by Crippen LogP contribution is 2.24. The molecule has 30 heavy (non-hydrogen) atoms. The van der Waals surface area contributed by atoms with Crippen molar-refractivity contribution < 1.29 is 22.3 Å². The number of piperidine rings is 1. The SMILES string of the molecule is COc1ccc(CCCNC(=O)[C@@H]2CCCN(S(=O)(=O)c3ccc(F)cc3)C2)cc1. The first-order valence-corrected chi connectivity index (χ1v) is 11.5. The van der Waals surface area contributed by atoms with Gasteiger partial charge in [0.1, 0.15) is 11.6 Å². The number of nitrogens with zero attached hydrogens (tertiary/aromatic N) is 1. The number of hydrogen-bond donors (Lipinski definition) is 1. The van der Waals surface area contributed by atoms with Gasteiger partial charge >= 0.3 is 0 Å². The number of benzene rings is 2. The molecular formula is C22H27FN2O4S. The molecule has 0 aliphatic carbocycles. The minimum absolute atomic E-state index is 0.0458. The van der Waals surface area contributed by atoms with Crippen molar-refractivity contribution in [2.24, 2.45) is 5.92 Å². The van der Waals surface area contributed by atoms with E-state index in [1.165, 1.54) is 22.0 Å². The lowest BCUT2D eigenvalue weighted by Gasteiger charge is -2.31. The van der Waals surface area contributed by atoms with Gasteiger partial charge in [0, 0.05) is 19.6 Å². The minimum Gasteiger partial charge on any atom is -0.497 e. The van der Waals surface area contributed by atoms with E-state index >= 15 is 0 Å². The smallest absolute Gasteiger partial charge is 0.243 e. The number of sulfonamides is 1. The maximum Gasteiger partial charge on any atom is 0.243 e. The maximum absolute atomic E-state index is 13.1. The second-order valence-corrected chi connectivity index (χ2v) is 9.34. The highest BCUT2D eigenvalue weighted by molar-refractivity contribution is 7.89. The molecule has 162 valence electrons. The molecule has 0 saturated carbocycles. The number of aryl methyl sites for hydroxylation is 1. The normalized spacial score (nSPS) is 17.5. The lowest BCUT2D eigenvalue weighted by atomic mass is 9.99. The Bertz CT molecular complexity index is 946. The van der Waals surface area contributed by atoms with Gasteiger partial charge in [-0.05, 0) is 67.6 Å². The van der Waals surface area contributed by atoms with Gasteiger partial charge in [-0.1, -0.05) is 12.1 Å². The average molecular weight is 435 g/mol. The molecule has 0 aromatic heterocycles. The number of nitrogens with one attached hydrogen (secondary N) is 1. The van der Waals surface area contributed by atoms with Crippen LogP contribution < -0.4 is 10.1 Å². The fourth-order valence-corrected chi connectivity index (χ4v) is 5.09. The summed E-state index contributed by atoms with van der Waals surface area (Å²) in [6.45, 7) is 1.04. The van der Waals surface area contributed by atoms with E-state index in [2.05, 4.69) is 5.32 Å². The van der Waals surface area contributed by atoms with Crippen molar-refractivity contribution in [1.82, 2.24) is 9.62 Å². The number of amides is 1. The summed E-state index contributed by atoms with van der Waals surface area (Å²) in [5.74, 6) is -0.178. The Morgan fingerprint density at radius 1 is 1.17 bits per heavy atom. The van der Waals surface area contributed by atoms with Gasteiger partial charge in [0.15, 0.2) is 0 Å². The molecule has 3 rings (SSSR count). The van der Waals surface area contributed by atoms with Gasteiger partial charge in [0.25, 0.3) is 0 Å². The van der Waals surface area contributed by atoms with Crippen LogP contribution in [0.1, 0.15) is 24.8 Å². The Hall–Kier alpha value is -2.45. The Labute approximate surface area is 177 Å². The van der Waals surface area contributed by atoms with Crippen molar-refractivity contribution in [3.05, 3.63) is 59.9 Å². The molecule has 1 atom stereocenters. The molecule has 1 fully saturated rings. The molecule has 0 unspecified atom stereocenters. The van der Waals surface area contributed by atoms with E-state index in [1.54, 1.807) is 7.11 Å². The summed E-state index contributed by atoms with van der Waals surface area (Å²) in [6, 6.07) is 12.6. The van der Waals surface area contributed by atoms with Crippen LogP contribution in [0.15, 0.2) is 53.4 Å². The fourth-order valence-electron chi connectivity index (χ4n) is 3.57. The second kappa shape index (κ2) is 10.0. The first kappa shape index (κ1) is 22.2. The molecule has 6 nitrogen and oxygen atoms in total. The van der Waals surface area contributed by atoms with Crippen LogP contribution in [0.2, 0.25) is 0 Å². The molecule has 2 aromatic carbocycles. The van der Waals surface area contributed by atoms with Gasteiger partial charge in [-0.2, -0.15) is 4.31 Å². The van der Waals surface area contributed by atoms with E-state index < -0.39 is 15.8 Å². The standard InChI is InChI=1S/C22H27FN2O4S/c1-29-20-10-6-17(7-11-20)4-2-14-24-22(26)18-5-3-15-25(16-18)30(27,28)21-12-8-19(23)9-13-21/h6-13,18H,2-5,14-16H2,1H3,(H,24,26)/t18-/m1/s1. The topological polar surface area (TPSA) is 75.7 Å². The summed E-state index contributed by atoms with van der Waals surface area (Å²) in [5, 5.41) is 2.93. The third-order valence-corrected chi connectivity index (χ3v) is 7.19. The zero-order valence-corrected chi connectivity index (χ0v) is 17.8. The predicted molar refractivity (Wildman–Crippen MR) is 112 cm³/mol. The first-order chi connectivity index (χ1) is 14.4. The number of hydrogen-bond acceptors (Lipinski definition) is 4. The maximum atomic E-state index is 13.1. The summed E-state index contributed by atoms with van der Waals surface area (Å²) >= 11 is 0. The number of carbonyl (C=O) groups excluding carboxylic acids is 1. The molecule has 2 aromatic rings. The number of rotatable bonds is 8. The summed E-state index contributed by atoms with van der Waals surface area (Å²) in [5.41, 5.74) is 1.17. The molecule has 0 radical (unpaired) electrons. The fraction of sp³-hybridized carbons (Fsp3) is 0.409. The van der Waals surface area contributed by atoms with E-state index in [0.717, 1.165) is 30.7 Å². The van der Waals surface area contributed by atoms with Gasteiger partial charge in [-0.25, -0.2) is 12.8 Å².